The lowest BCUT2D eigenvalue weighted by Crippen LogP contribution is -2.35. The van der Waals surface area contributed by atoms with E-state index in [-0.39, 0.29) is 12.4 Å². The molecule has 2 heterocycles. The Balaban J connectivity index is 0.00000161. The number of benzene rings is 1. The third-order valence-electron chi connectivity index (χ3n) is 3.08. The van der Waals surface area contributed by atoms with Gasteiger partial charge in [-0.3, -0.25) is 4.99 Å². The molecule has 4 nitrogen and oxygen atoms in total. The molecular formula is C14H16Cl2N4S. The zero-order chi connectivity index (χ0) is 13.9. The van der Waals surface area contributed by atoms with Crippen LogP contribution in [0.25, 0.3) is 11.3 Å². The molecule has 7 heteroatoms. The van der Waals surface area contributed by atoms with Gasteiger partial charge in [0.15, 0.2) is 11.1 Å². The van der Waals surface area contributed by atoms with E-state index < -0.39 is 0 Å². The number of halogens is 2. The Morgan fingerprint density at radius 1 is 1.38 bits per heavy atom. The highest BCUT2D eigenvalue weighted by Gasteiger charge is 2.09. The maximum atomic E-state index is 6.05. The highest BCUT2D eigenvalue weighted by Crippen LogP contribution is 2.27. The van der Waals surface area contributed by atoms with E-state index in [4.69, 9.17) is 11.6 Å². The van der Waals surface area contributed by atoms with Crippen molar-refractivity contribution < 1.29 is 0 Å². The van der Waals surface area contributed by atoms with Crippen LogP contribution in [0.4, 0.5) is 5.13 Å². The Kier molecular flexibility index (Phi) is 5.45. The fourth-order valence-electron chi connectivity index (χ4n) is 1.99. The number of hydrogen-bond donors (Lipinski definition) is 2. The van der Waals surface area contributed by atoms with Crippen LogP contribution in [0, 0.1) is 6.92 Å². The lowest BCUT2D eigenvalue weighted by Gasteiger charge is -2.14. The topological polar surface area (TPSA) is 49.3 Å². The van der Waals surface area contributed by atoms with Crippen LogP contribution >= 0.6 is 35.3 Å². The highest BCUT2D eigenvalue weighted by molar-refractivity contribution is 7.14. The Hall–Kier alpha value is -1.30. The number of guanidine groups is 1. The molecule has 0 bridgehead atoms. The molecule has 1 aromatic heterocycles. The van der Waals surface area contributed by atoms with Gasteiger partial charge >= 0.3 is 0 Å². The van der Waals surface area contributed by atoms with E-state index in [2.05, 4.69) is 26.7 Å². The third-order valence-corrected chi connectivity index (χ3v) is 4.26. The zero-order valence-corrected chi connectivity index (χ0v) is 13.9. The van der Waals surface area contributed by atoms with Crippen LogP contribution in [0.3, 0.4) is 0 Å². The molecular weight excluding hydrogens is 327 g/mol. The Labute approximate surface area is 139 Å². The normalized spacial score (nSPS) is 13.9. The van der Waals surface area contributed by atoms with Crippen molar-refractivity contribution in [1.29, 1.82) is 0 Å². The van der Waals surface area contributed by atoms with E-state index in [1.54, 1.807) is 11.3 Å². The third kappa shape index (κ3) is 3.87. The molecule has 0 spiro atoms. The summed E-state index contributed by atoms with van der Waals surface area (Å²) < 4.78 is 0. The van der Waals surface area contributed by atoms with E-state index in [9.17, 15) is 0 Å². The predicted molar refractivity (Wildman–Crippen MR) is 93.1 cm³/mol. The summed E-state index contributed by atoms with van der Waals surface area (Å²) in [6, 6.07) is 5.95. The number of aromatic nitrogens is 1. The average Bonchev–Trinajstić information content (AvgIpc) is 2.91. The van der Waals surface area contributed by atoms with Gasteiger partial charge in [0.1, 0.15) is 0 Å². The van der Waals surface area contributed by atoms with Crippen LogP contribution in [0.2, 0.25) is 5.02 Å². The molecule has 1 aromatic carbocycles. The predicted octanol–water partition coefficient (Wildman–Crippen LogP) is 3.95. The SMILES string of the molecule is Cc1cc(-c2csc(NC3=NCCCN3)n2)ccc1Cl.Cl. The Morgan fingerprint density at radius 2 is 2.24 bits per heavy atom. The molecule has 1 aliphatic heterocycles. The summed E-state index contributed by atoms with van der Waals surface area (Å²) in [5, 5.41) is 10.1. The van der Waals surface area contributed by atoms with Crippen LogP contribution in [-0.2, 0) is 0 Å². The van der Waals surface area contributed by atoms with Crippen molar-refractivity contribution in [3.8, 4) is 11.3 Å². The molecule has 1 aliphatic rings. The molecule has 0 radical (unpaired) electrons. The van der Waals surface area contributed by atoms with Gasteiger partial charge in [0.25, 0.3) is 0 Å². The maximum absolute atomic E-state index is 6.05. The summed E-state index contributed by atoms with van der Waals surface area (Å²) >= 11 is 7.62. The molecule has 2 N–H and O–H groups in total. The molecule has 0 saturated heterocycles. The number of nitrogens with one attached hydrogen (secondary N) is 2. The van der Waals surface area contributed by atoms with Gasteiger partial charge in [-0.15, -0.1) is 23.7 Å². The second-order valence-corrected chi connectivity index (χ2v) is 5.90. The zero-order valence-electron chi connectivity index (χ0n) is 11.5. The van der Waals surface area contributed by atoms with E-state index in [0.717, 1.165) is 52.4 Å². The monoisotopic (exact) mass is 342 g/mol. The van der Waals surface area contributed by atoms with Crippen molar-refractivity contribution in [1.82, 2.24) is 10.3 Å². The van der Waals surface area contributed by atoms with Gasteiger partial charge in [0, 0.05) is 29.1 Å². The lowest BCUT2D eigenvalue weighted by molar-refractivity contribution is 0.740. The van der Waals surface area contributed by atoms with Gasteiger partial charge in [-0.1, -0.05) is 17.7 Å². The summed E-state index contributed by atoms with van der Waals surface area (Å²) in [6.45, 7) is 3.82. The first-order valence-corrected chi connectivity index (χ1v) is 7.75. The number of nitrogens with zero attached hydrogens (tertiary/aromatic N) is 2. The number of rotatable bonds is 2. The van der Waals surface area contributed by atoms with Crippen LogP contribution in [-0.4, -0.2) is 24.0 Å². The lowest BCUT2D eigenvalue weighted by atomic mass is 10.1. The maximum Gasteiger partial charge on any atom is 0.197 e. The van der Waals surface area contributed by atoms with E-state index in [0.29, 0.717) is 0 Å². The fraction of sp³-hybridized carbons (Fsp3) is 0.286. The first-order chi connectivity index (χ1) is 9.72. The van der Waals surface area contributed by atoms with Crippen molar-refractivity contribution in [2.75, 3.05) is 18.4 Å². The number of anilines is 1. The molecule has 0 fully saturated rings. The van der Waals surface area contributed by atoms with Gasteiger partial charge in [0.2, 0.25) is 0 Å². The molecule has 0 saturated carbocycles. The molecule has 0 unspecified atom stereocenters. The summed E-state index contributed by atoms with van der Waals surface area (Å²) in [5.74, 6) is 0.810. The smallest absolute Gasteiger partial charge is 0.197 e. The van der Waals surface area contributed by atoms with Gasteiger partial charge in [0.05, 0.1) is 5.69 Å². The largest absolute Gasteiger partial charge is 0.356 e. The molecule has 0 aliphatic carbocycles. The molecule has 21 heavy (non-hydrogen) atoms. The Bertz CT molecular complexity index is 654. The van der Waals surface area contributed by atoms with Gasteiger partial charge in [-0.2, -0.15) is 0 Å². The summed E-state index contributed by atoms with van der Waals surface area (Å²) in [5.41, 5.74) is 3.09. The summed E-state index contributed by atoms with van der Waals surface area (Å²) in [7, 11) is 0. The first kappa shape index (κ1) is 16.1. The van der Waals surface area contributed by atoms with Crippen LogP contribution in [0.1, 0.15) is 12.0 Å². The quantitative estimate of drug-likeness (QED) is 0.868. The van der Waals surface area contributed by atoms with Crippen molar-refractivity contribution >= 4 is 46.4 Å². The summed E-state index contributed by atoms with van der Waals surface area (Å²) in [4.78, 5) is 8.96. The minimum absolute atomic E-state index is 0. The minimum atomic E-state index is 0. The molecule has 112 valence electrons. The number of hydrogen-bond acceptors (Lipinski definition) is 5. The standard InChI is InChI=1S/C14H15ClN4S.ClH/c1-9-7-10(3-4-11(9)15)12-8-20-14(18-12)19-13-16-5-2-6-17-13;/h3-4,7-8H,2,5-6H2,1H3,(H2,16,17,18,19);1H. The van der Waals surface area contributed by atoms with Crippen molar-refractivity contribution in [3.05, 3.63) is 34.2 Å². The van der Waals surface area contributed by atoms with Crippen LogP contribution in [0.5, 0.6) is 0 Å². The second kappa shape index (κ2) is 7.11. The second-order valence-electron chi connectivity index (χ2n) is 4.64. The Morgan fingerprint density at radius 3 is 2.95 bits per heavy atom. The minimum Gasteiger partial charge on any atom is -0.356 e. The first-order valence-electron chi connectivity index (χ1n) is 6.50. The van der Waals surface area contributed by atoms with E-state index in [1.165, 1.54) is 0 Å². The highest BCUT2D eigenvalue weighted by atomic mass is 35.5. The van der Waals surface area contributed by atoms with Crippen molar-refractivity contribution in [2.45, 2.75) is 13.3 Å². The number of thiazole rings is 1. The molecule has 0 amide bonds. The van der Waals surface area contributed by atoms with Crippen molar-refractivity contribution in [2.24, 2.45) is 4.99 Å². The number of aryl methyl sites for hydroxylation is 1. The van der Waals surface area contributed by atoms with Crippen LogP contribution in [0.15, 0.2) is 28.6 Å². The summed E-state index contributed by atoms with van der Waals surface area (Å²) in [6.07, 6.45) is 1.08. The van der Waals surface area contributed by atoms with Gasteiger partial charge in [-0.25, -0.2) is 4.98 Å². The van der Waals surface area contributed by atoms with E-state index in [1.807, 2.05) is 24.4 Å². The average molecular weight is 343 g/mol. The molecule has 2 aromatic rings. The molecule has 0 atom stereocenters. The van der Waals surface area contributed by atoms with Gasteiger partial charge < -0.3 is 10.6 Å². The van der Waals surface area contributed by atoms with Crippen LogP contribution < -0.4 is 10.6 Å². The molecule has 3 rings (SSSR count). The van der Waals surface area contributed by atoms with E-state index >= 15 is 0 Å². The number of aliphatic imine (C=N–C) groups is 1. The van der Waals surface area contributed by atoms with Gasteiger partial charge in [-0.05, 0) is 31.0 Å². The van der Waals surface area contributed by atoms with Crippen molar-refractivity contribution in [3.63, 3.8) is 0 Å². The fourth-order valence-corrected chi connectivity index (χ4v) is 2.82.